The third-order valence-electron chi connectivity index (χ3n) is 6.40. The normalized spacial score (nSPS) is 19.4. The van der Waals surface area contributed by atoms with Crippen molar-refractivity contribution in [2.24, 2.45) is 5.92 Å². The Bertz CT molecular complexity index is 1110. The summed E-state index contributed by atoms with van der Waals surface area (Å²) in [4.78, 5) is 24.5. The molecule has 1 aromatic heterocycles. The van der Waals surface area contributed by atoms with Gasteiger partial charge in [0.25, 0.3) is 0 Å². The zero-order valence-electron chi connectivity index (χ0n) is 18.2. The highest BCUT2D eigenvalue weighted by molar-refractivity contribution is 7.22. The van der Waals surface area contributed by atoms with Gasteiger partial charge in [-0.2, -0.15) is 0 Å². The van der Waals surface area contributed by atoms with Crippen LogP contribution in [0, 0.1) is 11.7 Å². The standard InChI is InChI=1S/C24H27FN4O2S/c1-31-21-7-3-2-6-20(21)27-11-13-28(14-12-27)23(30)17-5-4-10-29(16-17)24-26-19-9-8-18(25)15-22(19)32-24/h2-3,6-9,15,17H,4-5,10-14,16H2,1H3. The van der Waals surface area contributed by atoms with E-state index in [9.17, 15) is 9.18 Å². The van der Waals surface area contributed by atoms with Crippen LogP contribution in [0.1, 0.15) is 12.8 Å². The average molecular weight is 455 g/mol. The van der Waals surface area contributed by atoms with Crippen molar-refractivity contribution in [3.05, 3.63) is 48.3 Å². The Balaban J connectivity index is 1.23. The van der Waals surface area contributed by atoms with E-state index < -0.39 is 0 Å². The molecule has 6 nitrogen and oxygen atoms in total. The summed E-state index contributed by atoms with van der Waals surface area (Å²) in [6.45, 7) is 4.58. The third kappa shape index (κ3) is 4.11. The number of nitrogens with zero attached hydrogens (tertiary/aromatic N) is 4. The van der Waals surface area contributed by atoms with Gasteiger partial charge in [0.2, 0.25) is 5.91 Å². The quantitative estimate of drug-likeness (QED) is 0.596. The van der Waals surface area contributed by atoms with Crippen LogP contribution in [-0.4, -0.2) is 62.2 Å². The number of thiazole rings is 1. The lowest BCUT2D eigenvalue weighted by molar-refractivity contribution is -0.136. The lowest BCUT2D eigenvalue weighted by Gasteiger charge is -2.40. The summed E-state index contributed by atoms with van der Waals surface area (Å²) in [6.07, 6.45) is 1.86. The van der Waals surface area contributed by atoms with E-state index in [0.717, 1.165) is 59.3 Å². The molecule has 2 fully saturated rings. The highest BCUT2D eigenvalue weighted by Crippen LogP contribution is 2.33. The molecule has 1 atom stereocenters. The van der Waals surface area contributed by atoms with E-state index in [4.69, 9.17) is 4.74 Å². The van der Waals surface area contributed by atoms with Crippen molar-refractivity contribution in [3.63, 3.8) is 0 Å². The van der Waals surface area contributed by atoms with E-state index >= 15 is 0 Å². The van der Waals surface area contributed by atoms with Gasteiger partial charge in [-0.3, -0.25) is 4.79 Å². The Morgan fingerprint density at radius 2 is 1.91 bits per heavy atom. The van der Waals surface area contributed by atoms with E-state index in [1.807, 2.05) is 23.1 Å². The molecule has 0 spiro atoms. The zero-order valence-corrected chi connectivity index (χ0v) is 19.0. The Labute approximate surface area is 191 Å². The van der Waals surface area contributed by atoms with E-state index in [1.165, 1.54) is 23.5 Å². The minimum atomic E-state index is -0.244. The molecule has 3 heterocycles. The van der Waals surface area contributed by atoms with Crippen LogP contribution in [0.15, 0.2) is 42.5 Å². The summed E-state index contributed by atoms with van der Waals surface area (Å²) in [5.74, 6) is 0.837. The summed E-state index contributed by atoms with van der Waals surface area (Å²) < 4.78 is 19.9. The summed E-state index contributed by atoms with van der Waals surface area (Å²) >= 11 is 1.50. The lowest BCUT2D eigenvalue weighted by atomic mass is 9.96. The summed E-state index contributed by atoms with van der Waals surface area (Å²) in [5, 5.41) is 0.879. The van der Waals surface area contributed by atoms with Crippen molar-refractivity contribution in [1.29, 1.82) is 0 Å². The van der Waals surface area contributed by atoms with Crippen LogP contribution in [0.2, 0.25) is 0 Å². The molecule has 3 aromatic rings. The first-order chi connectivity index (χ1) is 15.6. The first kappa shape index (κ1) is 21.0. The number of anilines is 2. The molecule has 1 unspecified atom stereocenters. The molecule has 5 rings (SSSR count). The van der Waals surface area contributed by atoms with Gasteiger partial charge in [0, 0.05) is 39.3 Å². The number of ether oxygens (including phenoxy) is 1. The molecule has 0 saturated carbocycles. The van der Waals surface area contributed by atoms with Gasteiger partial charge in [0.05, 0.1) is 28.9 Å². The van der Waals surface area contributed by atoms with Crippen LogP contribution in [-0.2, 0) is 4.79 Å². The molecule has 2 aliphatic heterocycles. The SMILES string of the molecule is COc1ccccc1N1CCN(C(=O)C2CCCN(c3nc4ccc(F)cc4s3)C2)CC1. The first-order valence-electron chi connectivity index (χ1n) is 11.1. The third-order valence-corrected chi connectivity index (χ3v) is 7.48. The number of methoxy groups -OCH3 is 1. The van der Waals surface area contributed by atoms with Gasteiger partial charge >= 0.3 is 0 Å². The van der Waals surface area contributed by atoms with Gasteiger partial charge in [-0.15, -0.1) is 0 Å². The summed E-state index contributed by atoms with van der Waals surface area (Å²) in [5.41, 5.74) is 1.89. The maximum atomic E-state index is 13.5. The average Bonchev–Trinajstić information content (AvgIpc) is 3.27. The number of hydrogen-bond donors (Lipinski definition) is 0. The fourth-order valence-corrected chi connectivity index (χ4v) is 5.72. The number of piperidine rings is 1. The molecule has 1 amide bonds. The second-order valence-corrected chi connectivity index (χ2v) is 9.39. The molecular weight excluding hydrogens is 427 g/mol. The van der Waals surface area contributed by atoms with Crippen molar-refractivity contribution >= 4 is 38.3 Å². The van der Waals surface area contributed by atoms with E-state index in [0.29, 0.717) is 19.6 Å². The van der Waals surface area contributed by atoms with Crippen LogP contribution >= 0.6 is 11.3 Å². The Morgan fingerprint density at radius 3 is 2.72 bits per heavy atom. The molecule has 32 heavy (non-hydrogen) atoms. The zero-order chi connectivity index (χ0) is 22.1. The van der Waals surface area contributed by atoms with Gasteiger partial charge in [-0.25, -0.2) is 9.37 Å². The largest absolute Gasteiger partial charge is 0.495 e. The molecule has 0 radical (unpaired) electrons. The highest BCUT2D eigenvalue weighted by atomic mass is 32.1. The maximum absolute atomic E-state index is 13.5. The topological polar surface area (TPSA) is 48.9 Å². The molecule has 168 valence electrons. The molecule has 2 saturated heterocycles. The Morgan fingerprint density at radius 1 is 1.09 bits per heavy atom. The summed E-state index contributed by atoms with van der Waals surface area (Å²) in [7, 11) is 1.69. The van der Waals surface area contributed by atoms with E-state index in [1.54, 1.807) is 13.2 Å². The minimum absolute atomic E-state index is 0.0229. The number of carbonyl (C=O) groups is 1. The highest BCUT2D eigenvalue weighted by Gasteiger charge is 2.32. The van der Waals surface area contributed by atoms with Crippen LogP contribution in [0.25, 0.3) is 10.2 Å². The van der Waals surface area contributed by atoms with Crippen molar-refractivity contribution < 1.29 is 13.9 Å². The Hall–Kier alpha value is -2.87. The van der Waals surface area contributed by atoms with Crippen molar-refractivity contribution in [3.8, 4) is 5.75 Å². The molecular formula is C24H27FN4O2S. The number of aromatic nitrogens is 1. The number of piperazine rings is 1. The van der Waals surface area contributed by atoms with Crippen LogP contribution in [0.4, 0.5) is 15.2 Å². The van der Waals surface area contributed by atoms with Gasteiger partial charge < -0.3 is 19.4 Å². The fourth-order valence-electron chi connectivity index (χ4n) is 4.69. The molecule has 2 aliphatic rings. The number of para-hydroxylation sites is 2. The van der Waals surface area contributed by atoms with Gasteiger partial charge in [0.1, 0.15) is 11.6 Å². The van der Waals surface area contributed by atoms with Gasteiger partial charge in [-0.05, 0) is 43.2 Å². The van der Waals surface area contributed by atoms with Crippen molar-refractivity contribution in [2.45, 2.75) is 12.8 Å². The summed E-state index contributed by atoms with van der Waals surface area (Å²) in [6, 6.07) is 12.7. The molecule has 0 aliphatic carbocycles. The van der Waals surface area contributed by atoms with Gasteiger partial charge in [-0.1, -0.05) is 23.5 Å². The number of rotatable bonds is 4. The predicted molar refractivity (Wildman–Crippen MR) is 126 cm³/mol. The van der Waals surface area contributed by atoms with Crippen LogP contribution in [0.3, 0.4) is 0 Å². The molecule has 0 N–H and O–H groups in total. The molecule has 0 bridgehead atoms. The molecule has 8 heteroatoms. The Kier molecular flexibility index (Phi) is 5.87. The number of benzene rings is 2. The smallest absolute Gasteiger partial charge is 0.227 e. The lowest BCUT2D eigenvalue weighted by Crippen LogP contribution is -2.52. The number of amides is 1. The number of carbonyl (C=O) groups excluding carboxylic acids is 1. The first-order valence-corrected chi connectivity index (χ1v) is 11.9. The fraction of sp³-hybridized carbons (Fsp3) is 0.417. The monoisotopic (exact) mass is 454 g/mol. The van der Waals surface area contributed by atoms with Crippen molar-refractivity contribution in [2.75, 3.05) is 56.2 Å². The predicted octanol–water partition coefficient (Wildman–Crippen LogP) is 4.01. The number of hydrogen-bond acceptors (Lipinski definition) is 6. The second-order valence-electron chi connectivity index (χ2n) is 8.38. The number of fused-ring (bicyclic) bond motifs is 1. The minimum Gasteiger partial charge on any atom is -0.495 e. The molecule has 2 aromatic carbocycles. The number of halogens is 1. The maximum Gasteiger partial charge on any atom is 0.227 e. The van der Waals surface area contributed by atoms with Gasteiger partial charge in [0.15, 0.2) is 5.13 Å². The van der Waals surface area contributed by atoms with E-state index in [2.05, 4.69) is 20.9 Å². The second kappa shape index (κ2) is 8.94. The van der Waals surface area contributed by atoms with Crippen molar-refractivity contribution in [1.82, 2.24) is 9.88 Å². The van der Waals surface area contributed by atoms with Crippen LogP contribution < -0.4 is 14.5 Å². The van der Waals surface area contributed by atoms with Crippen LogP contribution in [0.5, 0.6) is 5.75 Å². The van der Waals surface area contributed by atoms with E-state index in [-0.39, 0.29) is 17.6 Å².